The number of thioether (sulfide) groups is 1. The zero-order valence-corrected chi connectivity index (χ0v) is 12.9. The van der Waals surface area contributed by atoms with E-state index in [1.54, 1.807) is 7.11 Å². The summed E-state index contributed by atoms with van der Waals surface area (Å²) in [5.74, 6) is 0.706. The number of benzene rings is 1. The molecule has 0 saturated carbocycles. The number of hydrogen-bond donors (Lipinski definition) is 1. The van der Waals surface area contributed by atoms with Crippen molar-refractivity contribution >= 4 is 35.0 Å². The van der Waals surface area contributed by atoms with Crippen LogP contribution in [0.3, 0.4) is 0 Å². The van der Waals surface area contributed by atoms with Gasteiger partial charge in [0.2, 0.25) is 5.91 Å². The Balaban J connectivity index is 1.84. The number of nitrogens with one attached hydrogen (secondary N) is 1. The average Bonchev–Trinajstić information content (AvgIpc) is 2.54. The highest BCUT2D eigenvalue weighted by molar-refractivity contribution is 8.15. The third-order valence-corrected chi connectivity index (χ3v) is 3.84. The van der Waals surface area contributed by atoms with Crippen LogP contribution in [0, 0.1) is 0 Å². The van der Waals surface area contributed by atoms with Gasteiger partial charge in [0.25, 0.3) is 0 Å². The van der Waals surface area contributed by atoms with Gasteiger partial charge in [0.15, 0.2) is 0 Å². The summed E-state index contributed by atoms with van der Waals surface area (Å²) >= 11 is 1.16. The summed E-state index contributed by atoms with van der Waals surface area (Å²) in [6.07, 6.45) is 1.35. The Morgan fingerprint density at radius 2 is 2.18 bits per heavy atom. The van der Waals surface area contributed by atoms with Crippen molar-refractivity contribution in [2.75, 3.05) is 12.9 Å². The molecule has 7 heteroatoms. The number of carbonyl (C=O) groups is 2. The number of amides is 3. The number of nitrogens with zero attached hydrogens (tertiary/aromatic N) is 2. The molecule has 1 heterocycles. The molecule has 0 radical (unpaired) electrons. The molecule has 22 heavy (non-hydrogen) atoms. The quantitative estimate of drug-likeness (QED) is 0.903. The molecule has 1 aromatic carbocycles. The molecular formula is C15H15N3O3S. The van der Waals surface area contributed by atoms with Gasteiger partial charge in [-0.3, -0.25) is 4.79 Å². The van der Waals surface area contributed by atoms with E-state index in [1.807, 2.05) is 24.3 Å². The third kappa shape index (κ3) is 4.29. The fraction of sp³-hybridized carbons (Fsp3) is 0.200. The van der Waals surface area contributed by atoms with Crippen LogP contribution < -0.4 is 10.1 Å². The maximum Gasteiger partial charge on any atom is 0.368 e. The third-order valence-electron chi connectivity index (χ3n) is 2.81. The van der Waals surface area contributed by atoms with Crippen LogP contribution in [0.25, 0.3) is 0 Å². The van der Waals surface area contributed by atoms with E-state index in [0.717, 1.165) is 23.1 Å². The molecule has 1 aliphatic heterocycles. The molecule has 3 amide bonds. The van der Waals surface area contributed by atoms with Crippen LogP contribution in [-0.4, -0.2) is 36.1 Å². The van der Waals surface area contributed by atoms with E-state index in [-0.39, 0.29) is 11.7 Å². The Bertz CT molecular complexity index is 668. The Kier molecular flexibility index (Phi) is 5.48. The molecule has 0 unspecified atom stereocenters. The van der Waals surface area contributed by atoms with Gasteiger partial charge in [-0.1, -0.05) is 36.5 Å². The first kappa shape index (κ1) is 16.0. The molecule has 1 aliphatic rings. The molecule has 6 nitrogen and oxygen atoms in total. The Labute approximate surface area is 132 Å². The molecule has 0 aliphatic carbocycles. The first-order valence-corrected chi connectivity index (χ1v) is 7.46. The second-order valence-electron chi connectivity index (χ2n) is 4.36. The minimum atomic E-state index is -0.579. The van der Waals surface area contributed by atoms with E-state index >= 15 is 0 Å². The van der Waals surface area contributed by atoms with E-state index in [1.165, 1.54) is 6.21 Å². The standard InChI is InChI=1S/C15H15N3O3S/c1-10-7-17-15(20)18-14(10)22-9-13(19)16-8-11-5-3-4-6-12(11)21-2/h3-7H,1,8-9H2,2H3,(H,16,19). The minimum absolute atomic E-state index is 0.147. The lowest BCUT2D eigenvalue weighted by molar-refractivity contribution is -0.118. The molecule has 1 N–H and O–H groups in total. The van der Waals surface area contributed by atoms with Crippen LogP contribution in [0.1, 0.15) is 5.56 Å². The van der Waals surface area contributed by atoms with Gasteiger partial charge in [0.1, 0.15) is 10.8 Å². The molecular weight excluding hydrogens is 302 g/mol. The summed E-state index contributed by atoms with van der Waals surface area (Å²) in [7, 11) is 1.59. The molecule has 0 fully saturated rings. The largest absolute Gasteiger partial charge is 0.496 e. The number of rotatable bonds is 5. The number of aliphatic imine (C=N–C) groups is 2. The second kappa shape index (κ2) is 7.56. The van der Waals surface area contributed by atoms with Crippen molar-refractivity contribution in [2.45, 2.75) is 6.54 Å². The molecule has 2 rings (SSSR count). The molecule has 0 aromatic heterocycles. The molecule has 0 bridgehead atoms. The van der Waals surface area contributed by atoms with Gasteiger partial charge in [0.05, 0.1) is 12.9 Å². The van der Waals surface area contributed by atoms with Crippen molar-refractivity contribution in [3.8, 4) is 5.75 Å². The smallest absolute Gasteiger partial charge is 0.368 e. The number of carbonyl (C=O) groups excluding carboxylic acids is 2. The predicted octanol–water partition coefficient (Wildman–Crippen LogP) is 2.20. The summed E-state index contributed by atoms with van der Waals surface area (Å²) < 4.78 is 5.22. The summed E-state index contributed by atoms with van der Waals surface area (Å²) in [6.45, 7) is 4.10. The average molecular weight is 317 g/mol. The van der Waals surface area contributed by atoms with Gasteiger partial charge < -0.3 is 10.1 Å². The lowest BCUT2D eigenvalue weighted by Crippen LogP contribution is -2.25. The predicted molar refractivity (Wildman–Crippen MR) is 87.8 cm³/mol. The number of urea groups is 1. The van der Waals surface area contributed by atoms with Gasteiger partial charge in [-0.2, -0.15) is 9.98 Å². The summed E-state index contributed by atoms with van der Waals surface area (Å²) in [5.41, 5.74) is 1.42. The number of methoxy groups -OCH3 is 1. The topological polar surface area (TPSA) is 80.1 Å². The Morgan fingerprint density at radius 3 is 2.95 bits per heavy atom. The molecule has 114 valence electrons. The molecule has 0 saturated heterocycles. The van der Waals surface area contributed by atoms with E-state index in [2.05, 4.69) is 21.9 Å². The SMILES string of the molecule is C=C1C=NC(=O)N=C1SCC(=O)NCc1ccccc1OC. The van der Waals surface area contributed by atoms with Crippen molar-refractivity contribution < 1.29 is 14.3 Å². The van der Waals surface area contributed by atoms with Crippen molar-refractivity contribution in [2.24, 2.45) is 9.98 Å². The van der Waals surface area contributed by atoms with E-state index in [9.17, 15) is 9.59 Å². The number of ether oxygens (including phenoxy) is 1. The van der Waals surface area contributed by atoms with Crippen LogP contribution in [0.15, 0.2) is 46.4 Å². The zero-order chi connectivity index (χ0) is 15.9. The summed E-state index contributed by atoms with van der Waals surface area (Å²) in [5, 5.41) is 3.22. The Hall–Kier alpha value is -2.41. The highest BCUT2D eigenvalue weighted by atomic mass is 32.2. The summed E-state index contributed by atoms with van der Waals surface area (Å²) in [4.78, 5) is 30.2. The molecule has 0 spiro atoms. The first-order chi connectivity index (χ1) is 10.6. The zero-order valence-electron chi connectivity index (χ0n) is 12.0. The van der Waals surface area contributed by atoms with E-state index in [0.29, 0.717) is 17.2 Å². The van der Waals surface area contributed by atoms with Crippen molar-refractivity contribution in [1.29, 1.82) is 0 Å². The van der Waals surface area contributed by atoms with Crippen molar-refractivity contribution in [3.63, 3.8) is 0 Å². The molecule has 0 atom stereocenters. The Morgan fingerprint density at radius 1 is 1.41 bits per heavy atom. The highest BCUT2D eigenvalue weighted by Crippen LogP contribution is 2.17. The minimum Gasteiger partial charge on any atom is -0.496 e. The van der Waals surface area contributed by atoms with Crippen molar-refractivity contribution in [3.05, 3.63) is 42.0 Å². The van der Waals surface area contributed by atoms with Gasteiger partial charge >= 0.3 is 6.03 Å². The molecule has 1 aromatic rings. The van der Waals surface area contributed by atoms with E-state index in [4.69, 9.17) is 4.74 Å². The van der Waals surface area contributed by atoms with Crippen LogP contribution >= 0.6 is 11.8 Å². The van der Waals surface area contributed by atoms with Crippen LogP contribution in [0.2, 0.25) is 0 Å². The van der Waals surface area contributed by atoms with Crippen LogP contribution in [0.5, 0.6) is 5.75 Å². The fourth-order valence-electron chi connectivity index (χ4n) is 1.73. The number of para-hydroxylation sites is 1. The maximum atomic E-state index is 11.9. The van der Waals surface area contributed by atoms with Gasteiger partial charge in [0, 0.05) is 23.9 Å². The fourth-order valence-corrected chi connectivity index (χ4v) is 2.48. The number of hydrogen-bond acceptors (Lipinski definition) is 4. The lowest BCUT2D eigenvalue weighted by atomic mass is 10.2. The maximum absolute atomic E-state index is 11.9. The monoisotopic (exact) mass is 317 g/mol. The van der Waals surface area contributed by atoms with Crippen LogP contribution in [-0.2, 0) is 11.3 Å². The summed E-state index contributed by atoms with van der Waals surface area (Å²) in [6, 6.07) is 6.89. The van der Waals surface area contributed by atoms with Crippen LogP contribution in [0.4, 0.5) is 4.79 Å². The lowest BCUT2D eigenvalue weighted by Gasteiger charge is -2.10. The van der Waals surface area contributed by atoms with Crippen molar-refractivity contribution in [1.82, 2.24) is 5.32 Å². The van der Waals surface area contributed by atoms with Gasteiger partial charge in [-0.05, 0) is 6.07 Å². The van der Waals surface area contributed by atoms with Gasteiger partial charge in [-0.25, -0.2) is 4.79 Å². The van der Waals surface area contributed by atoms with Gasteiger partial charge in [-0.15, -0.1) is 0 Å². The first-order valence-electron chi connectivity index (χ1n) is 6.47. The highest BCUT2D eigenvalue weighted by Gasteiger charge is 2.14. The van der Waals surface area contributed by atoms with E-state index < -0.39 is 6.03 Å². The second-order valence-corrected chi connectivity index (χ2v) is 5.32. The normalized spacial score (nSPS) is 13.8.